The number of benzene rings is 3. The number of sulfonamides is 1. The van der Waals surface area contributed by atoms with Gasteiger partial charge in [0.2, 0.25) is 21.8 Å². The van der Waals surface area contributed by atoms with Gasteiger partial charge in [0.25, 0.3) is 0 Å². The number of nitrogens with zero attached hydrogens (tertiary/aromatic N) is 2. The maximum absolute atomic E-state index is 13.9. The Balaban J connectivity index is 2.06. The molecule has 0 spiro atoms. The number of amides is 2. The van der Waals surface area contributed by atoms with Crippen LogP contribution in [0.2, 0.25) is 0 Å². The SMILES string of the molecule is CNC(=O)C(Cc1ccccc1)N(Cc1cccc(OC)c1)C(=O)CN(c1cccc(C(F)(F)F)c1)S(C)(=O)=O. The summed E-state index contributed by atoms with van der Waals surface area (Å²) in [6.07, 6.45) is -3.81. The van der Waals surface area contributed by atoms with Crippen LogP contribution >= 0.6 is 0 Å². The van der Waals surface area contributed by atoms with Crippen molar-refractivity contribution in [1.29, 1.82) is 0 Å². The number of alkyl halides is 3. The monoisotopic (exact) mass is 577 g/mol. The van der Waals surface area contributed by atoms with Gasteiger partial charge >= 0.3 is 6.18 Å². The van der Waals surface area contributed by atoms with Crippen molar-refractivity contribution in [2.45, 2.75) is 25.2 Å². The Morgan fingerprint density at radius 1 is 0.950 bits per heavy atom. The Kier molecular flexibility index (Phi) is 9.80. The van der Waals surface area contributed by atoms with Crippen LogP contribution < -0.4 is 14.4 Å². The normalized spacial score (nSPS) is 12.3. The standard InChI is InChI=1S/C28H30F3N3O5S/c1-32-27(36)25(16-20-9-5-4-6-10-20)33(18-21-11-7-14-24(15-21)39-2)26(35)19-34(40(3,37)38)23-13-8-12-22(17-23)28(29,30)31/h4-15,17,25H,16,18-19H2,1-3H3,(H,32,36). The summed E-state index contributed by atoms with van der Waals surface area (Å²) in [5.41, 5.74) is -0.0461. The quantitative estimate of drug-likeness (QED) is 0.374. The van der Waals surface area contributed by atoms with Crippen LogP contribution in [-0.2, 0) is 38.8 Å². The van der Waals surface area contributed by atoms with Crippen LogP contribution in [0.5, 0.6) is 5.75 Å². The van der Waals surface area contributed by atoms with Gasteiger partial charge in [-0.25, -0.2) is 8.42 Å². The lowest BCUT2D eigenvalue weighted by Crippen LogP contribution is -2.52. The molecule has 1 atom stereocenters. The van der Waals surface area contributed by atoms with Crippen molar-refractivity contribution in [2.24, 2.45) is 0 Å². The minimum absolute atomic E-state index is 0.0961. The Bertz CT molecular complexity index is 1430. The van der Waals surface area contributed by atoms with Gasteiger partial charge in [-0.2, -0.15) is 13.2 Å². The third-order valence-corrected chi connectivity index (χ3v) is 7.29. The van der Waals surface area contributed by atoms with Crippen molar-refractivity contribution >= 4 is 27.5 Å². The fourth-order valence-corrected chi connectivity index (χ4v) is 4.98. The summed E-state index contributed by atoms with van der Waals surface area (Å²) in [6.45, 7) is -0.923. The molecule has 0 bridgehead atoms. The number of carbonyl (C=O) groups is 2. The Morgan fingerprint density at radius 3 is 2.20 bits per heavy atom. The first-order valence-electron chi connectivity index (χ1n) is 12.2. The highest BCUT2D eigenvalue weighted by Gasteiger charge is 2.34. The van der Waals surface area contributed by atoms with Crippen molar-refractivity contribution in [3.8, 4) is 5.75 Å². The number of carbonyl (C=O) groups excluding carboxylic acids is 2. The summed E-state index contributed by atoms with van der Waals surface area (Å²) in [5, 5.41) is 2.55. The second kappa shape index (κ2) is 12.9. The molecule has 0 radical (unpaired) electrons. The maximum Gasteiger partial charge on any atom is 0.416 e. The predicted octanol–water partition coefficient (Wildman–Crippen LogP) is 3.87. The fourth-order valence-electron chi connectivity index (χ4n) is 4.14. The van der Waals surface area contributed by atoms with Crippen LogP contribution in [0.3, 0.4) is 0 Å². The average Bonchev–Trinajstić information content (AvgIpc) is 2.92. The van der Waals surface area contributed by atoms with E-state index < -0.39 is 46.2 Å². The number of halogens is 3. The molecule has 0 aliphatic heterocycles. The summed E-state index contributed by atoms with van der Waals surface area (Å²) < 4.78 is 71.4. The molecule has 3 aromatic carbocycles. The molecule has 0 fully saturated rings. The van der Waals surface area contributed by atoms with E-state index >= 15 is 0 Å². The topological polar surface area (TPSA) is 96.0 Å². The van der Waals surface area contributed by atoms with E-state index in [1.807, 2.05) is 0 Å². The van der Waals surface area contributed by atoms with Gasteiger partial charge in [-0.1, -0.05) is 48.5 Å². The minimum atomic E-state index is -4.72. The molecule has 3 rings (SSSR count). The second-order valence-electron chi connectivity index (χ2n) is 9.01. The first-order valence-corrected chi connectivity index (χ1v) is 14.0. The van der Waals surface area contributed by atoms with Crippen molar-refractivity contribution in [3.05, 3.63) is 95.6 Å². The van der Waals surface area contributed by atoms with Crippen molar-refractivity contribution in [1.82, 2.24) is 10.2 Å². The Morgan fingerprint density at radius 2 is 1.60 bits per heavy atom. The van der Waals surface area contributed by atoms with E-state index in [9.17, 15) is 31.2 Å². The van der Waals surface area contributed by atoms with Crippen LogP contribution in [0.25, 0.3) is 0 Å². The number of hydrogen-bond acceptors (Lipinski definition) is 5. The molecule has 12 heteroatoms. The highest BCUT2D eigenvalue weighted by molar-refractivity contribution is 7.92. The third-order valence-electron chi connectivity index (χ3n) is 6.15. The van der Waals surface area contributed by atoms with Gasteiger partial charge in [-0.15, -0.1) is 0 Å². The van der Waals surface area contributed by atoms with Gasteiger partial charge in [0.05, 0.1) is 24.6 Å². The highest BCUT2D eigenvalue weighted by atomic mass is 32.2. The number of nitrogens with one attached hydrogen (secondary N) is 1. The molecule has 0 aliphatic rings. The predicted molar refractivity (Wildman–Crippen MR) is 145 cm³/mol. The zero-order valence-corrected chi connectivity index (χ0v) is 23.0. The number of methoxy groups -OCH3 is 1. The molecule has 1 N–H and O–H groups in total. The largest absolute Gasteiger partial charge is 0.497 e. The third kappa shape index (κ3) is 7.98. The number of anilines is 1. The van der Waals surface area contributed by atoms with Crippen LogP contribution in [0.15, 0.2) is 78.9 Å². The molecule has 1 unspecified atom stereocenters. The van der Waals surface area contributed by atoms with E-state index in [0.29, 0.717) is 21.7 Å². The minimum Gasteiger partial charge on any atom is -0.497 e. The van der Waals surface area contributed by atoms with Gasteiger partial charge in [0.15, 0.2) is 0 Å². The molecule has 8 nitrogen and oxygen atoms in total. The van der Waals surface area contributed by atoms with E-state index in [1.165, 1.54) is 25.1 Å². The van der Waals surface area contributed by atoms with Crippen molar-refractivity contribution < 1.29 is 35.9 Å². The van der Waals surface area contributed by atoms with Gasteiger partial charge in [-0.3, -0.25) is 13.9 Å². The lowest BCUT2D eigenvalue weighted by atomic mass is 10.0. The molecule has 0 heterocycles. The van der Waals surface area contributed by atoms with E-state index in [-0.39, 0.29) is 18.7 Å². The first kappa shape index (κ1) is 30.5. The lowest BCUT2D eigenvalue weighted by Gasteiger charge is -2.33. The summed E-state index contributed by atoms with van der Waals surface area (Å²) in [7, 11) is -1.31. The molecule has 0 saturated heterocycles. The van der Waals surface area contributed by atoms with Crippen molar-refractivity contribution in [3.63, 3.8) is 0 Å². The summed E-state index contributed by atoms with van der Waals surface area (Å²) >= 11 is 0. The smallest absolute Gasteiger partial charge is 0.416 e. The van der Waals surface area contributed by atoms with Crippen LogP contribution in [-0.4, -0.2) is 58.1 Å². The van der Waals surface area contributed by atoms with Gasteiger partial charge in [0.1, 0.15) is 18.3 Å². The van der Waals surface area contributed by atoms with Gasteiger partial charge in [0, 0.05) is 20.0 Å². The number of hydrogen-bond donors (Lipinski definition) is 1. The van der Waals surface area contributed by atoms with Crippen LogP contribution in [0.4, 0.5) is 18.9 Å². The van der Waals surface area contributed by atoms with Gasteiger partial charge < -0.3 is 15.0 Å². The highest BCUT2D eigenvalue weighted by Crippen LogP contribution is 2.32. The molecular formula is C28H30F3N3O5S. The Hall–Kier alpha value is -4.06. The summed E-state index contributed by atoms with van der Waals surface area (Å²) in [6, 6.07) is 18.4. The molecule has 3 aromatic rings. The number of ether oxygens (including phenoxy) is 1. The summed E-state index contributed by atoms with van der Waals surface area (Å²) in [4.78, 5) is 28.2. The molecule has 0 aromatic heterocycles. The summed E-state index contributed by atoms with van der Waals surface area (Å²) in [5.74, 6) is -0.772. The Labute approximate surface area is 231 Å². The first-order chi connectivity index (χ1) is 18.8. The molecule has 40 heavy (non-hydrogen) atoms. The lowest BCUT2D eigenvalue weighted by molar-refractivity contribution is -0.139. The van der Waals surface area contributed by atoms with Crippen LogP contribution in [0.1, 0.15) is 16.7 Å². The zero-order chi connectivity index (χ0) is 29.5. The maximum atomic E-state index is 13.9. The second-order valence-corrected chi connectivity index (χ2v) is 10.9. The number of rotatable bonds is 11. The van der Waals surface area contributed by atoms with E-state index in [1.54, 1.807) is 54.6 Å². The molecule has 2 amide bonds. The van der Waals surface area contributed by atoms with Crippen LogP contribution in [0, 0.1) is 0 Å². The fraction of sp³-hybridized carbons (Fsp3) is 0.286. The van der Waals surface area contributed by atoms with E-state index in [4.69, 9.17) is 4.74 Å². The van der Waals surface area contributed by atoms with Gasteiger partial charge in [-0.05, 0) is 41.5 Å². The average molecular weight is 578 g/mol. The molecule has 0 saturated carbocycles. The molecule has 0 aliphatic carbocycles. The molecular weight excluding hydrogens is 547 g/mol. The molecule has 214 valence electrons. The van der Waals surface area contributed by atoms with E-state index in [2.05, 4.69) is 5.32 Å². The van der Waals surface area contributed by atoms with E-state index in [0.717, 1.165) is 24.0 Å². The number of likely N-dealkylation sites (N-methyl/N-ethyl adjacent to an activating group) is 1. The zero-order valence-electron chi connectivity index (χ0n) is 22.2. The van der Waals surface area contributed by atoms with Crippen molar-refractivity contribution in [2.75, 3.05) is 31.3 Å².